The number of aryl methyl sites for hydroxylation is 1. The molecule has 1 fully saturated rings. The van der Waals surface area contributed by atoms with Gasteiger partial charge in [0.2, 0.25) is 5.89 Å². The lowest BCUT2D eigenvalue weighted by Gasteiger charge is -2.13. The predicted octanol–water partition coefficient (Wildman–Crippen LogP) is 4.21. The van der Waals surface area contributed by atoms with Crippen molar-refractivity contribution in [2.75, 3.05) is 6.54 Å². The van der Waals surface area contributed by atoms with Gasteiger partial charge in [-0.1, -0.05) is 50.6 Å². The fourth-order valence-electron chi connectivity index (χ4n) is 3.48. The Morgan fingerprint density at radius 3 is 2.57 bits per heavy atom. The molecular formula is C17H31N3O. The molecule has 1 atom stereocenters. The molecule has 1 unspecified atom stereocenters. The van der Waals surface area contributed by atoms with Gasteiger partial charge in [-0.05, 0) is 38.1 Å². The van der Waals surface area contributed by atoms with E-state index in [1.165, 1.54) is 51.4 Å². The van der Waals surface area contributed by atoms with E-state index in [2.05, 4.69) is 17.1 Å². The fraction of sp³-hybridized carbons (Fsp3) is 0.882. The van der Waals surface area contributed by atoms with Crippen LogP contribution in [0.1, 0.15) is 88.8 Å². The van der Waals surface area contributed by atoms with E-state index in [1.807, 2.05) is 0 Å². The Morgan fingerprint density at radius 1 is 1.14 bits per heavy atom. The Kier molecular flexibility index (Phi) is 7.20. The highest BCUT2D eigenvalue weighted by atomic mass is 16.5. The van der Waals surface area contributed by atoms with Crippen LogP contribution in [0.2, 0.25) is 0 Å². The van der Waals surface area contributed by atoms with Crippen LogP contribution in [0, 0.1) is 5.92 Å². The number of hydrogen-bond donors (Lipinski definition) is 1. The maximum absolute atomic E-state index is 5.69. The summed E-state index contributed by atoms with van der Waals surface area (Å²) in [6.07, 6.45) is 13.4. The Labute approximate surface area is 128 Å². The van der Waals surface area contributed by atoms with E-state index in [-0.39, 0.29) is 0 Å². The van der Waals surface area contributed by atoms with E-state index in [9.17, 15) is 0 Å². The van der Waals surface area contributed by atoms with E-state index in [1.54, 1.807) is 0 Å². The van der Waals surface area contributed by atoms with Crippen molar-refractivity contribution in [3.63, 3.8) is 0 Å². The molecule has 2 N–H and O–H groups in total. The number of aromatic nitrogens is 2. The third kappa shape index (κ3) is 5.42. The Hall–Kier alpha value is -0.900. The van der Waals surface area contributed by atoms with Crippen molar-refractivity contribution >= 4 is 0 Å². The molecule has 1 heterocycles. The summed E-state index contributed by atoms with van der Waals surface area (Å²) in [4.78, 5) is 4.66. The van der Waals surface area contributed by atoms with E-state index >= 15 is 0 Å². The van der Waals surface area contributed by atoms with Gasteiger partial charge in [0.15, 0.2) is 5.82 Å². The molecule has 0 aliphatic heterocycles. The number of rotatable bonds is 8. The maximum Gasteiger partial charge on any atom is 0.226 e. The summed E-state index contributed by atoms with van der Waals surface area (Å²) in [7, 11) is 0. The lowest BCUT2D eigenvalue weighted by Crippen LogP contribution is -2.10. The normalized spacial score (nSPS) is 18.6. The molecule has 1 aliphatic rings. The molecule has 2 rings (SSSR count). The number of hydrogen-bond acceptors (Lipinski definition) is 4. The standard InChI is InChI=1S/C17H31N3O/c1-2-7-14(12-13-18)10-11-16-19-17(20-21-16)15-8-5-3-4-6-9-15/h14-15H,2-13,18H2,1H3. The van der Waals surface area contributed by atoms with Crippen LogP contribution in [0.4, 0.5) is 0 Å². The molecule has 1 aliphatic carbocycles. The van der Waals surface area contributed by atoms with Crippen LogP contribution >= 0.6 is 0 Å². The first kappa shape index (κ1) is 16.5. The zero-order valence-corrected chi connectivity index (χ0v) is 13.5. The van der Waals surface area contributed by atoms with Crippen molar-refractivity contribution in [3.05, 3.63) is 11.7 Å². The molecule has 4 heteroatoms. The molecule has 0 spiro atoms. The van der Waals surface area contributed by atoms with Crippen LogP contribution in [0.25, 0.3) is 0 Å². The molecule has 1 aromatic heterocycles. The fourth-order valence-corrected chi connectivity index (χ4v) is 3.48. The summed E-state index contributed by atoms with van der Waals surface area (Å²) >= 11 is 0. The number of nitrogens with zero attached hydrogens (tertiary/aromatic N) is 2. The minimum atomic E-state index is 0.528. The molecule has 0 aromatic carbocycles. The van der Waals surface area contributed by atoms with Gasteiger partial charge in [-0.2, -0.15) is 4.98 Å². The van der Waals surface area contributed by atoms with Crippen molar-refractivity contribution in [2.45, 2.75) is 83.5 Å². The van der Waals surface area contributed by atoms with Crippen LogP contribution in [0.3, 0.4) is 0 Å². The van der Waals surface area contributed by atoms with Crippen LogP contribution in [-0.2, 0) is 6.42 Å². The maximum atomic E-state index is 5.69. The molecule has 0 amide bonds. The van der Waals surface area contributed by atoms with Crippen molar-refractivity contribution < 1.29 is 4.52 Å². The molecule has 0 radical (unpaired) electrons. The second-order valence-electron chi connectivity index (χ2n) is 6.51. The molecule has 21 heavy (non-hydrogen) atoms. The Morgan fingerprint density at radius 2 is 1.90 bits per heavy atom. The molecule has 0 saturated heterocycles. The first-order valence-electron chi connectivity index (χ1n) is 8.86. The van der Waals surface area contributed by atoms with Gasteiger partial charge in [-0.25, -0.2) is 0 Å². The summed E-state index contributed by atoms with van der Waals surface area (Å²) in [6.45, 7) is 3.02. The minimum Gasteiger partial charge on any atom is -0.339 e. The van der Waals surface area contributed by atoms with Gasteiger partial charge in [-0.3, -0.25) is 0 Å². The SMILES string of the molecule is CCCC(CCN)CCc1nc(C2CCCCCC2)no1. The second-order valence-corrected chi connectivity index (χ2v) is 6.51. The van der Waals surface area contributed by atoms with Crippen molar-refractivity contribution in [1.29, 1.82) is 0 Å². The molecule has 120 valence electrons. The Balaban J connectivity index is 1.84. The zero-order valence-electron chi connectivity index (χ0n) is 13.5. The molecule has 0 bridgehead atoms. The second kappa shape index (κ2) is 9.19. The van der Waals surface area contributed by atoms with Gasteiger partial charge in [0, 0.05) is 12.3 Å². The van der Waals surface area contributed by atoms with Crippen LogP contribution in [0.5, 0.6) is 0 Å². The van der Waals surface area contributed by atoms with Crippen LogP contribution in [-0.4, -0.2) is 16.7 Å². The minimum absolute atomic E-state index is 0.528. The topological polar surface area (TPSA) is 64.9 Å². The average Bonchev–Trinajstić information content (AvgIpc) is 2.79. The lowest BCUT2D eigenvalue weighted by atomic mass is 9.94. The van der Waals surface area contributed by atoms with Gasteiger partial charge in [-0.15, -0.1) is 0 Å². The molecular weight excluding hydrogens is 262 g/mol. The highest BCUT2D eigenvalue weighted by Gasteiger charge is 2.20. The lowest BCUT2D eigenvalue weighted by molar-refractivity contribution is 0.343. The number of nitrogens with two attached hydrogens (primary N) is 1. The first-order chi connectivity index (χ1) is 10.3. The third-order valence-corrected chi connectivity index (χ3v) is 4.74. The van der Waals surface area contributed by atoms with E-state index in [4.69, 9.17) is 10.3 Å². The average molecular weight is 293 g/mol. The molecule has 4 nitrogen and oxygen atoms in total. The van der Waals surface area contributed by atoms with Crippen LogP contribution < -0.4 is 5.73 Å². The zero-order chi connectivity index (χ0) is 14.9. The van der Waals surface area contributed by atoms with Gasteiger partial charge in [0.05, 0.1) is 0 Å². The summed E-state index contributed by atoms with van der Waals surface area (Å²) in [5.74, 6) is 3.01. The van der Waals surface area contributed by atoms with Crippen LogP contribution in [0.15, 0.2) is 4.52 Å². The van der Waals surface area contributed by atoms with Gasteiger partial charge in [0.1, 0.15) is 0 Å². The van der Waals surface area contributed by atoms with E-state index < -0.39 is 0 Å². The van der Waals surface area contributed by atoms with Gasteiger partial charge in [0.25, 0.3) is 0 Å². The van der Waals surface area contributed by atoms with Crippen molar-refractivity contribution in [2.24, 2.45) is 11.7 Å². The highest BCUT2D eigenvalue weighted by Crippen LogP contribution is 2.30. The summed E-state index contributed by atoms with van der Waals surface area (Å²) < 4.78 is 5.47. The quantitative estimate of drug-likeness (QED) is 0.729. The third-order valence-electron chi connectivity index (χ3n) is 4.74. The largest absolute Gasteiger partial charge is 0.339 e. The Bertz CT molecular complexity index is 377. The highest BCUT2D eigenvalue weighted by molar-refractivity contribution is 4.96. The summed E-state index contributed by atoms with van der Waals surface area (Å²) in [5.41, 5.74) is 5.69. The molecule has 1 aromatic rings. The molecule has 1 saturated carbocycles. The summed E-state index contributed by atoms with van der Waals surface area (Å²) in [6, 6.07) is 0. The van der Waals surface area contributed by atoms with Gasteiger partial charge >= 0.3 is 0 Å². The van der Waals surface area contributed by atoms with Gasteiger partial charge < -0.3 is 10.3 Å². The monoisotopic (exact) mass is 293 g/mol. The smallest absolute Gasteiger partial charge is 0.226 e. The van der Waals surface area contributed by atoms with Crippen molar-refractivity contribution in [1.82, 2.24) is 10.1 Å². The van der Waals surface area contributed by atoms with E-state index in [0.29, 0.717) is 11.8 Å². The van der Waals surface area contributed by atoms with E-state index in [0.717, 1.165) is 37.5 Å². The first-order valence-corrected chi connectivity index (χ1v) is 8.86. The predicted molar refractivity (Wildman–Crippen MR) is 85.1 cm³/mol. The summed E-state index contributed by atoms with van der Waals surface area (Å²) in [5, 5.41) is 4.24. The van der Waals surface area contributed by atoms with Crippen molar-refractivity contribution in [3.8, 4) is 0 Å².